The Morgan fingerprint density at radius 2 is 1.24 bits per heavy atom. The summed E-state index contributed by atoms with van der Waals surface area (Å²) >= 11 is 0. The summed E-state index contributed by atoms with van der Waals surface area (Å²) in [5.41, 5.74) is 0. The van der Waals surface area contributed by atoms with Crippen LogP contribution in [0.4, 0.5) is 0 Å². The Balaban J connectivity index is 1.84. The van der Waals surface area contributed by atoms with Crippen LogP contribution in [0.2, 0.25) is 0 Å². The van der Waals surface area contributed by atoms with Crippen molar-refractivity contribution in [3.63, 3.8) is 0 Å². The first-order chi connectivity index (χ1) is 20.1. The fourth-order valence-corrected chi connectivity index (χ4v) is 4.73. The summed E-state index contributed by atoms with van der Waals surface area (Å²) in [6, 6.07) is 0. The zero-order valence-corrected chi connectivity index (χ0v) is 24.7. The zero-order valence-electron chi connectivity index (χ0n) is 24.7. The number of ether oxygens (including phenoxy) is 6. The molecule has 2 aliphatic heterocycles. The summed E-state index contributed by atoms with van der Waals surface area (Å²) in [5, 5.41) is 70.6. The molecule has 0 aromatic carbocycles. The van der Waals surface area contributed by atoms with Gasteiger partial charge in [0.1, 0.15) is 54.9 Å². The van der Waals surface area contributed by atoms with E-state index in [1.165, 1.54) is 32.1 Å². The highest BCUT2D eigenvalue weighted by molar-refractivity contribution is 5.69. The molecule has 0 saturated carbocycles. The molecule has 248 valence electrons. The number of carbonyl (C=O) groups excluding carboxylic acids is 1. The molecule has 42 heavy (non-hydrogen) atoms. The van der Waals surface area contributed by atoms with Crippen LogP contribution in [-0.2, 0) is 33.2 Å². The standard InChI is InChI=1S/C28H52O14/c1-3-5-6-7-8-9-10-11-12-37-14-17(40-20(30)4-2)15-38-27-26(36)24(34)22(32)19(42-27)16-39-28-25(35)23(33)21(31)18(13-29)41-28/h17-19,21-29,31-36H,3-16H2,1-2H3. The Bertz CT molecular complexity index is 727. The molecule has 7 N–H and O–H groups in total. The smallest absolute Gasteiger partial charge is 0.305 e. The second kappa shape index (κ2) is 20.1. The predicted octanol–water partition coefficient (Wildman–Crippen LogP) is -0.894. The summed E-state index contributed by atoms with van der Waals surface area (Å²) in [7, 11) is 0. The topological polar surface area (TPSA) is 214 Å². The van der Waals surface area contributed by atoms with Crippen LogP contribution < -0.4 is 0 Å². The van der Waals surface area contributed by atoms with E-state index in [0.29, 0.717) is 6.61 Å². The summed E-state index contributed by atoms with van der Waals surface area (Å²) < 4.78 is 33.0. The Morgan fingerprint density at radius 1 is 0.690 bits per heavy atom. The SMILES string of the molecule is CCCCCCCCCCOCC(COC1OC(COC2OC(CO)C(O)C(O)C2O)C(O)C(O)C1O)OC(=O)CC. The molecular weight excluding hydrogens is 560 g/mol. The lowest BCUT2D eigenvalue weighted by molar-refractivity contribution is -0.332. The molecule has 11 atom stereocenters. The van der Waals surface area contributed by atoms with E-state index in [1.807, 2.05) is 0 Å². The van der Waals surface area contributed by atoms with Gasteiger partial charge in [-0.05, 0) is 6.42 Å². The van der Waals surface area contributed by atoms with Gasteiger partial charge in [-0.15, -0.1) is 0 Å². The lowest BCUT2D eigenvalue weighted by atomic mass is 9.98. The number of hydrogen-bond donors (Lipinski definition) is 7. The van der Waals surface area contributed by atoms with Crippen molar-refractivity contribution < 1.29 is 69.0 Å². The van der Waals surface area contributed by atoms with E-state index >= 15 is 0 Å². The molecule has 0 amide bonds. The number of unbranched alkanes of at least 4 members (excludes halogenated alkanes) is 7. The van der Waals surface area contributed by atoms with Crippen molar-refractivity contribution in [1.82, 2.24) is 0 Å². The number of rotatable bonds is 20. The largest absolute Gasteiger partial charge is 0.457 e. The van der Waals surface area contributed by atoms with Gasteiger partial charge in [0, 0.05) is 13.0 Å². The van der Waals surface area contributed by atoms with Crippen molar-refractivity contribution in [2.24, 2.45) is 0 Å². The lowest BCUT2D eigenvalue weighted by Gasteiger charge is -2.42. The maximum absolute atomic E-state index is 11.9. The average molecular weight is 613 g/mol. The van der Waals surface area contributed by atoms with E-state index in [0.717, 1.165) is 19.3 Å². The quantitative estimate of drug-likeness (QED) is 0.0656. The van der Waals surface area contributed by atoms with E-state index in [2.05, 4.69) is 6.92 Å². The Morgan fingerprint density at radius 3 is 1.83 bits per heavy atom. The first-order valence-corrected chi connectivity index (χ1v) is 15.1. The van der Waals surface area contributed by atoms with Gasteiger partial charge in [-0.25, -0.2) is 0 Å². The average Bonchev–Trinajstić information content (AvgIpc) is 2.99. The Labute approximate surface area is 247 Å². The van der Waals surface area contributed by atoms with Crippen LogP contribution in [0.5, 0.6) is 0 Å². The van der Waals surface area contributed by atoms with Crippen molar-refractivity contribution in [2.75, 3.05) is 33.0 Å². The zero-order chi connectivity index (χ0) is 31.1. The summed E-state index contributed by atoms with van der Waals surface area (Å²) in [6.07, 6.45) is -6.72. The van der Waals surface area contributed by atoms with E-state index in [4.69, 9.17) is 28.4 Å². The normalized spacial score (nSPS) is 34.3. The molecule has 11 unspecified atom stereocenters. The fourth-order valence-electron chi connectivity index (χ4n) is 4.73. The number of esters is 1. The van der Waals surface area contributed by atoms with Crippen LogP contribution in [-0.4, -0.2) is 142 Å². The van der Waals surface area contributed by atoms with Crippen molar-refractivity contribution >= 4 is 5.97 Å². The van der Waals surface area contributed by atoms with Gasteiger partial charge in [-0.1, -0.05) is 58.8 Å². The molecule has 2 rings (SSSR count). The summed E-state index contributed by atoms with van der Waals surface area (Å²) in [4.78, 5) is 11.9. The molecule has 0 aromatic heterocycles. The maximum Gasteiger partial charge on any atom is 0.305 e. The highest BCUT2D eigenvalue weighted by Crippen LogP contribution is 2.26. The van der Waals surface area contributed by atoms with E-state index in [9.17, 15) is 40.5 Å². The first kappa shape index (κ1) is 37.2. The van der Waals surface area contributed by atoms with Crippen LogP contribution in [0.1, 0.15) is 71.6 Å². The predicted molar refractivity (Wildman–Crippen MR) is 146 cm³/mol. The third-order valence-electron chi connectivity index (χ3n) is 7.42. The van der Waals surface area contributed by atoms with Gasteiger partial charge in [-0.2, -0.15) is 0 Å². The minimum Gasteiger partial charge on any atom is -0.457 e. The van der Waals surface area contributed by atoms with Gasteiger partial charge in [0.2, 0.25) is 0 Å². The fraction of sp³-hybridized carbons (Fsp3) is 0.964. The molecule has 0 radical (unpaired) electrons. The maximum atomic E-state index is 11.9. The second-order valence-electron chi connectivity index (χ2n) is 10.9. The van der Waals surface area contributed by atoms with Crippen LogP contribution in [0.15, 0.2) is 0 Å². The van der Waals surface area contributed by atoms with Crippen LogP contribution in [0.25, 0.3) is 0 Å². The molecule has 14 nitrogen and oxygen atoms in total. The minimum atomic E-state index is -1.69. The number of hydrogen-bond acceptors (Lipinski definition) is 14. The number of aliphatic hydroxyl groups excluding tert-OH is 7. The van der Waals surface area contributed by atoms with Crippen molar-refractivity contribution in [1.29, 1.82) is 0 Å². The molecule has 14 heteroatoms. The van der Waals surface area contributed by atoms with Gasteiger partial charge in [0.25, 0.3) is 0 Å². The lowest BCUT2D eigenvalue weighted by Crippen LogP contribution is -2.61. The monoisotopic (exact) mass is 612 g/mol. The number of carbonyl (C=O) groups is 1. The highest BCUT2D eigenvalue weighted by atomic mass is 16.7. The second-order valence-corrected chi connectivity index (χ2v) is 10.9. The van der Waals surface area contributed by atoms with E-state index in [-0.39, 0.29) is 19.6 Å². The van der Waals surface area contributed by atoms with Crippen LogP contribution >= 0.6 is 0 Å². The highest BCUT2D eigenvalue weighted by Gasteiger charge is 2.47. The molecule has 2 heterocycles. The molecular formula is C28H52O14. The molecule has 0 aromatic rings. The van der Waals surface area contributed by atoms with Gasteiger partial charge < -0.3 is 64.2 Å². The van der Waals surface area contributed by atoms with Crippen LogP contribution in [0, 0.1) is 0 Å². The Hall–Kier alpha value is -1.01. The van der Waals surface area contributed by atoms with E-state index in [1.54, 1.807) is 6.92 Å². The van der Waals surface area contributed by atoms with Crippen molar-refractivity contribution in [2.45, 2.75) is 139 Å². The molecule has 0 spiro atoms. The molecule has 2 fully saturated rings. The van der Waals surface area contributed by atoms with E-state index < -0.39 is 86.7 Å². The van der Waals surface area contributed by atoms with Gasteiger partial charge in [-0.3, -0.25) is 4.79 Å². The third kappa shape index (κ3) is 11.8. The van der Waals surface area contributed by atoms with Crippen molar-refractivity contribution in [3.05, 3.63) is 0 Å². The first-order valence-electron chi connectivity index (χ1n) is 15.1. The van der Waals surface area contributed by atoms with Gasteiger partial charge in [0.05, 0.1) is 26.4 Å². The van der Waals surface area contributed by atoms with Gasteiger partial charge in [0.15, 0.2) is 12.6 Å². The molecule has 0 aliphatic carbocycles. The molecule has 0 bridgehead atoms. The van der Waals surface area contributed by atoms with Gasteiger partial charge >= 0.3 is 5.97 Å². The molecule has 2 saturated heterocycles. The summed E-state index contributed by atoms with van der Waals surface area (Å²) in [6.45, 7) is 3.01. The number of aliphatic hydroxyl groups is 7. The Kier molecular flexibility index (Phi) is 17.8. The van der Waals surface area contributed by atoms with Crippen molar-refractivity contribution in [3.8, 4) is 0 Å². The molecule has 2 aliphatic rings. The van der Waals surface area contributed by atoms with Crippen LogP contribution in [0.3, 0.4) is 0 Å². The third-order valence-corrected chi connectivity index (χ3v) is 7.42. The minimum absolute atomic E-state index is 0.0554. The summed E-state index contributed by atoms with van der Waals surface area (Å²) in [5.74, 6) is -0.467.